The summed E-state index contributed by atoms with van der Waals surface area (Å²) >= 11 is 0. The lowest BCUT2D eigenvalue weighted by atomic mass is 10.1. The lowest BCUT2D eigenvalue weighted by Gasteiger charge is -2.10. The Labute approximate surface area is 124 Å². The molecule has 0 saturated carbocycles. The second-order valence-corrected chi connectivity index (χ2v) is 4.48. The van der Waals surface area contributed by atoms with Crippen molar-refractivity contribution >= 4 is 11.6 Å². The zero-order valence-electron chi connectivity index (χ0n) is 11.6. The van der Waals surface area contributed by atoms with Crippen molar-refractivity contribution in [1.82, 2.24) is 0 Å². The van der Waals surface area contributed by atoms with E-state index >= 15 is 0 Å². The molecule has 0 fully saturated rings. The van der Waals surface area contributed by atoms with Gasteiger partial charge in [0.25, 0.3) is 0 Å². The van der Waals surface area contributed by atoms with E-state index in [4.69, 9.17) is 10.00 Å². The van der Waals surface area contributed by atoms with E-state index in [2.05, 4.69) is 5.32 Å². The minimum Gasteiger partial charge on any atom is -0.477 e. The lowest BCUT2D eigenvalue weighted by molar-refractivity contribution is -0.116. The number of anilines is 1. The Bertz CT molecular complexity index is 633. The van der Waals surface area contributed by atoms with Crippen molar-refractivity contribution in [1.29, 1.82) is 5.26 Å². The standard InChI is InChI=1S/C17H16N2O2/c18-12-13-21-16-9-5-4-8-15(16)19-17(20)11-10-14-6-2-1-3-7-14/h1-9H,10-11,13H2,(H,19,20). The topological polar surface area (TPSA) is 62.1 Å². The molecule has 0 aliphatic rings. The second kappa shape index (κ2) is 7.71. The van der Waals surface area contributed by atoms with Gasteiger partial charge in [0.15, 0.2) is 6.61 Å². The van der Waals surface area contributed by atoms with E-state index in [0.717, 1.165) is 5.56 Å². The number of amides is 1. The molecular formula is C17H16N2O2. The number of benzene rings is 2. The van der Waals surface area contributed by atoms with Gasteiger partial charge in [0, 0.05) is 6.42 Å². The summed E-state index contributed by atoms with van der Waals surface area (Å²) in [5.74, 6) is 0.430. The number of nitrogens with one attached hydrogen (secondary N) is 1. The first-order valence-electron chi connectivity index (χ1n) is 6.72. The van der Waals surface area contributed by atoms with Crippen molar-refractivity contribution < 1.29 is 9.53 Å². The summed E-state index contributed by atoms with van der Waals surface area (Å²) in [4.78, 5) is 12.0. The van der Waals surface area contributed by atoms with E-state index in [9.17, 15) is 4.79 Å². The smallest absolute Gasteiger partial charge is 0.224 e. The molecule has 0 saturated heterocycles. The fraction of sp³-hybridized carbons (Fsp3) is 0.176. The van der Waals surface area contributed by atoms with Crippen molar-refractivity contribution in [2.75, 3.05) is 11.9 Å². The van der Waals surface area contributed by atoms with Crippen molar-refractivity contribution in [2.24, 2.45) is 0 Å². The Kier molecular flexibility index (Phi) is 5.36. The average molecular weight is 280 g/mol. The van der Waals surface area contributed by atoms with Gasteiger partial charge in [-0.1, -0.05) is 42.5 Å². The molecule has 0 aliphatic carbocycles. The third-order valence-corrected chi connectivity index (χ3v) is 2.94. The number of hydrogen-bond donors (Lipinski definition) is 1. The molecule has 0 atom stereocenters. The van der Waals surface area contributed by atoms with Crippen molar-refractivity contribution in [3.05, 3.63) is 60.2 Å². The maximum absolute atomic E-state index is 12.0. The number of para-hydroxylation sites is 2. The third-order valence-electron chi connectivity index (χ3n) is 2.94. The average Bonchev–Trinajstić information content (AvgIpc) is 2.53. The first-order valence-corrected chi connectivity index (χ1v) is 6.72. The summed E-state index contributed by atoms with van der Waals surface area (Å²) in [6, 6.07) is 18.9. The molecular weight excluding hydrogens is 264 g/mol. The molecule has 106 valence electrons. The van der Waals surface area contributed by atoms with Crippen LogP contribution in [0, 0.1) is 11.3 Å². The van der Waals surface area contributed by atoms with E-state index in [1.54, 1.807) is 18.2 Å². The monoisotopic (exact) mass is 280 g/mol. The molecule has 0 aliphatic heterocycles. The molecule has 2 rings (SSSR count). The number of nitriles is 1. The Hall–Kier alpha value is -2.80. The fourth-order valence-electron chi connectivity index (χ4n) is 1.92. The number of hydrogen-bond acceptors (Lipinski definition) is 3. The molecule has 0 radical (unpaired) electrons. The molecule has 0 bridgehead atoms. The van der Waals surface area contributed by atoms with E-state index < -0.39 is 0 Å². The van der Waals surface area contributed by atoms with Gasteiger partial charge in [0.2, 0.25) is 5.91 Å². The van der Waals surface area contributed by atoms with Gasteiger partial charge in [0.1, 0.15) is 11.8 Å². The number of nitrogens with zero attached hydrogens (tertiary/aromatic N) is 1. The van der Waals surface area contributed by atoms with Crippen LogP contribution in [0.15, 0.2) is 54.6 Å². The molecule has 1 N–H and O–H groups in total. The Morgan fingerprint density at radius 3 is 2.57 bits per heavy atom. The molecule has 2 aromatic carbocycles. The summed E-state index contributed by atoms with van der Waals surface area (Å²) in [5, 5.41) is 11.4. The highest BCUT2D eigenvalue weighted by molar-refractivity contribution is 5.92. The van der Waals surface area contributed by atoms with Crippen LogP contribution in [0.25, 0.3) is 0 Å². The summed E-state index contributed by atoms with van der Waals surface area (Å²) in [6.07, 6.45) is 1.09. The lowest BCUT2D eigenvalue weighted by Crippen LogP contribution is -2.13. The van der Waals surface area contributed by atoms with E-state index in [1.807, 2.05) is 42.5 Å². The summed E-state index contributed by atoms with van der Waals surface area (Å²) in [6.45, 7) is -0.0447. The van der Waals surface area contributed by atoms with Gasteiger partial charge in [-0.25, -0.2) is 0 Å². The maximum Gasteiger partial charge on any atom is 0.224 e. The minimum absolute atomic E-state index is 0.0447. The Morgan fingerprint density at radius 2 is 1.81 bits per heavy atom. The molecule has 0 heterocycles. The highest BCUT2D eigenvalue weighted by Gasteiger charge is 2.07. The van der Waals surface area contributed by atoms with Gasteiger partial charge in [0.05, 0.1) is 5.69 Å². The SMILES string of the molecule is N#CCOc1ccccc1NC(=O)CCc1ccccc1. The number of ether oxygens (including phenoxy) is 1. The number of carbonyl (C=O) groups excluding carboxylic acids is 1. The Balaban J connectivity index is 1.92. The zero-order chi connectivity index (χ0) is 14.9. The van der Waals surface area contributed by atoms with Crippen molar-refractivity contribution in [2.45, 2.75) is 12.8 Å². The summed E-state index contributed by atoms with van der Waals surface area (Å²) < 4.78 is 5.27. The second-order valence-electron chi connectivity index (χ2n) is 4.48. The minimum atomic E-state index is -0.0770. The maximum atomic E-state index is 12.0. The van der Waals surface area contributed by atoms with E-state index in [-0.39, 0.29) is 12.5 Å². The van der Waals surface area contributed by atoms with Crippen LogP contribution in [0.4, 0.5) is 5.69 Å². The molecule has 0 aromatic heterocycles. The van der Waals surface area contributed by atoms with Gasteiger partial charge in [-0.3, -0.25) is 4.79 Å². The van der Waals surface area contributed by atoms with E-state index in [0.29, 0.717) is 24.3 Å². The predicted molar refractivity (Wildman–Crippen MR) is 80.9 cm³/mol. The van der Waals surface area contributed by atoms with E-state index in [1.165, 1.54) is 0 Å². The molecule has 4 heteroatoms. The molecule has 2 aromatic rings. The number of rotatable bonds is 6. The van der Waals surface area contributed by atoms with Crippen molar-refractivity contribution in [3.63, 3.8) is 0 Å². The number of carbonyl (C=O) groups is 1. The first-order chi connectivity index (χ1) is 10.3. The zero-order valence-corrected chi connectivity index (χ0v) is 11.6. The van der Waals surface area contributed by atoms with Crippen LogP contribution in [0.2, 0.25) is 0 Å². The highest BCUT2D eigenvalue weighted by atomic mass is 16.5. The van der Waals surface area contributed by atoms with Crippen LogP contribution in [0.3, 0.4) is 0 Å². The summed E-state index contributed by atoms with van der Waals surface area (Å²) in [7, 11) is 0. The van der Waals surface area contributed by atoms with Crippen LogP contribution < -0.4 is 10.1 Å². The molecule has 4 nitrogen and oxygen atoms in total. The molecule has 0 spiro atoms. The first kappa shape index (κ1) is 14.6. The van der Waals surface area contributed by atoms with Crippen LogP contribution in [0.1, 0.15) is 12.0 Å². The van der Waals surface area contributed by atoms with Gasteiger partial charge >= 0.3 is 0 Å². The van der Waals surface area contributed by atoms with Gasteiger partial charge in [-0.05, 0) is 24.1 Å². The molecule has 21 heavy (non-hydrogen) atoms. The van der Waals surface area contributed by atoms with Gasteiger partial charge in [-0.2, -0.15) is 5.26 Å². The molecule has 1 amide bonds. The van der Waals surface area contributed by atoms with Crippen LogP contribution in [-0.4, -0.2) is 12.5 Å². The predicted octanol–water partition coefficient (Wildman–Crippen LogP) is 3.16. The largest absolute Gasteiger partial charge is 0.477 e. The summed E-state index contributed by atoms with van der Waals surface area (Å²) in [5.41, 5.74) is 1.72. The fourth-order valence-corrected chi connectivity index (χ4v) is 1.92. The van der Waals surface area contributed by atoms with Crippen LogP contribution in [0.5, 0.6) is 5.75 Å². The van der Waals surface area contributed by atoms with Crippen LogP contribution in [-0.2, 0) is 11.2 Å². The quantitative estimate of drug-likeness (QED) is 0.884. The number of aryl methyl sites for hydroxylation is 1. The normalized spacial score (nSPS) is 9.67. The van der Waals surface area contributed by atoms with Crippen molar-refractivity contribution in [3.8, 4) is 11.8 Å². The van der Waals surface area contributed by atoms with Gasteiger partial charge < -0.3 is 10.1 Å². The highest BCUT2D eigenvalue weighted by Crippen LogP contribution is 2.23. The molecule has 0 unspecified atom stereocenters. The Morgan fingerprint density at radius 1 is 1.10 bits per heavy atom. The third kappa shape index (κ3) is 4.66. The van der Waals surface area contributed by atoms with Gasteiger partial charge in [-0.15, -0.1) is 0 Å². The van der Waals surface area contributed by atoms with Crippen LogP contribution >= 0.6 is 0 Å².